The van der Waals surface area contributed by atoms with Crippen molar-refractivity contribution < 1.29 is 9.90 Å². The Hall–Kier alpha value is -1.35. The molecule has 0 radical (unpaired) electrons. The fourth-order valence-corrected chi connectivity index (χ4v) is 2.10. The van der Waals surface area contributed by atoms with Crippen LogP contribution >= 0.6 is 0 Å². The molecule has 0 aliphatic carbocycles. The lowest BCUT2D eigenvalue weighted by atomic mass is 10.00. The molecule has 0 bridgehead atoms. The van der Waals surface area contributed by atoms with E-state index >= 15 is 0 Å². The summed E-state index contributed by atoms with van der Waals surface area (Å²) in [6, 6.07) is 8.30. The van der Waals surface area contributed by atoms with Gasteiger partial charge < -0.3 is 10.4 Å². The molecular formula is C16H25NO2. The molecule has 0 heterocycles. The second-order valence-corrected chi connectivity index (χ2v) is 5.42. The van der Waals surface area contributed by atoms with Gasteiger partial charge in [0.2, 0.25) is 0 Å². The van der Waals surface area contributed by atoms with Gasteiger partial charge in [-0.05, 0) is 30.4 Å². The summed E-state index contributed by atoms with van der Waals surface area (Å²) < 4.78 is 0. The molecule has 0 saturated carbocycles. The van der Waals surface area contributed by atoms with E-state index in [0.29, 0.717) is 6.04 Å². The Morgan fingerprint density at radius 3 is 2.32 bits per heavy atom. The summed E-state index contributed by atoms with van der Waals surface area (Å²) in [6.07, 6.45) is 2.50. The molecular weight excluding hydrogens is 238 g/mol. The predicted octanol–water partition coefficient (Wildman–Crippen LogP) is 3.23. The van der Waals surface area contributed by atoms with Gasteiger partial charge >= 0.3 is 5.97 Å². The Balaban J connectivity index is 2.39. The summed E-state index contributed by atoms with van der Waals surface area (Å²) in [7, 11) is 0. The molecule has 2 unspecified atom stereocenters. The van der Waals surface area contributed by atoms with Crippen LogP contribution in [0.5, 0.6) is 0 Å². The number of carboxylic acids is 1. The lowest BCUT2D eigenvalue weighted by Crippen LogP contribution is -2.27. The van der Waals surface area contributed by atoms with Gasteiger partial charge in [0, 0.05) is 12.6 Å². The summed E-state index contributed by atoms with van der Waals surface area (Å²) in [5.41, 5.74) is 2.05. The Labute approximate surface area is 116 Å². The number of rotatable bonds is 8. The van der Waals surface area contributed by atoms with E-state index in [4.69, 9.17) is 5.11 Å². The maximum atomic E-state index is 10.6. The molecule has 0 amide bonds. The first-order chi connectivity index (χ1) is 9.01. The van der Waals surface area contributed by atoms with E-state index < -0.39 is 5.97 Å². The number of aliphatic carboxylic acids is 1. The van der Waals surface area contributed by atoms with Gasteiger partial charge in [-0.2, -0.15) is 0 Å². The number of hydrogen-bond acceptors (Lipinski definition) is 2. The van der Waals surface area contributed by atoms with Crippen LogP contribution in [0.15, 0.2) is 24.3 Å². The topological polar surface area (TPSA) is 49.3 Å². The highest BCUT2D eigenvalue weighted by molar-refractivity contribution is 5.70. The van der Waals surface area contributed by atoms with Crippen LogP contribution in [0.25, 0.3) is 0 Å². The molecule has 19 heavy (non-hydrogen) atoms. The number of carbonyl (C=O) groups is 1. The molecule has 3 heteroatoms. The molecule has 0 aliphatic heterocycles. The van der Waals surface area contributed by atoms with Crippen LogP contribution in [0.4, 0.5) is 0 Å². The van der Waals surface area contributed by atoms with E-state index in [9.17, 15) is 4.79 Å². The third-order valence-corrected chi connectivity index (χ3v) is 3.49. The Morgan fingerprint density at radius 1 is 1.21 bits per heavy atom. The molecule has 106 valence electrons. The number of carboxylic acid groups (broad SMARTS) is 1. The molecule has 0 aliphatic rings. The molecule has 0 spiro atoms. The molecule has 1 aromatic rings. The van der Waals surface area contributed by atoms with Gasteiger partial charge in [0.15, 0.2) is 0 Å². The molecule has 3 nitrogen and oxygen atoms in total. The average molecular weight is 263 g/mol. The highest BCUT2D eigenvalue weighted by Gasteiger charge is 2.06. The van der Waals surface area contributed by atoms with Crippen molar-refractivity contribution in [3.8, 4) is 0 Å². The summed E-state index contributed by atoms with van der Waals surface area (Å²) in [5.74, 6) is -0.0338. The number of hydrogen-bond donors (Lipinski definition) is 2. The van der Waals surface area contributed by atoms with Gasteiger partial charge in [0.1, 0.15) is 0 Å². The van der Waals surface area contributed by atoms with Gasteiger partial charge in [-0.15, -0.1) is 0 Å². The zero-order chi connectivity index (χ0) is 14.3. The van der Waals surface area contributed by atoms with Gasteiger partial charge in [0.25, 0.3) is 0 Å². The van der Waals surface area contributed by atoms with Gasteiger partial charge in [-0.3, -0.25) is 4.79 Å². The van der Waals surface area contributed by atoms with Crippen LogP contribution in [0.2, 0.25) is 0 Å². The molecule has 1 aromatic carbocycles. The van der Waals surface area contributed by atoms with Crippen LogP contribution in [-0.2, 0) is 17.8 Å². The van der Waals surface area contributed by atoms with Crippen LogP contribution in [0, 0.1) is 5.92 Å². The second-order valence-electron chi connectivity index (χ2n) is 5.42. The van der Waals surface area contributed by atoms with E-state index in [1.165, 1.54) is 18.4 Å². The summed E-state index contributed by atoms with van der Waals surface area (Å²) in [4.78, 5) is 10.6. The van der Waals surface area contributed by atoms with Crippen LogP contribution in [0.1, 0.15) is 44.7 Å². The van der Waals surface area contributed by atoms with Crippen LogP contribution < -0.4 is 5.32 Å². The minimum absolute atomic E-state index is 0.0954. The Bertz CT molecular complexity index is 386. The minimum atomic E-state index is -0.784. The van der Waals surface area contributed by atoms with Crippen molar-refractivity contribution in [2.24, 2.45) is 5.92 Å². The molecule has 0 fully saturated rings. The summed E-state index contributed by atoms with van der Waals surface area (Å²) in [6.45, 7) is 7.55. The largest absolute Gasteiger partial charge is 0.481 e. The zero-order valence-corrected chi connectivity index (χ0v) is 12.1. The van der Waals surface area contributed by atoms with Crippen molar-refractivity contribution in [1.29, 1.82) is 0 Å². The first-order valence-electron chi connectivity index (χ1n) is 7.04. The third-order valence-electron chi connectivity index (χ3n) is 3.49. The van der Waals surface area contributed by atoms with Crippen molar-refractivity contribution in [3.05, 3.63) is 35.4 Å². The highest BCUT2D eigenvalue weighted by atomic mass is 16.4. The standard InChI is InChI=1S/C16H25NO2/c1-4-12(2)9-13(3)17-11-15-7-5-14(6-8-15)10-16(18)19/h5-8,12-13,17H,4,9-11H2,1-3H3,(H,18,19). The monoisotopic (exact) mass is 263 g/mol. The second kappa shape index (κ2) is 7.95. The lowest BCUT2D eigenvalue weighted by molar-refractivity contribution is -0.136. The first-order valence-corrected chi connectivity index (χ1v) is 7.04. The van der Waals surface area contributed by atoms with Crippen LogP contribution in [0.3, 0.4) is 0 Å². The van der Waals surface area contributed by atoms with E-state index in [1.807, 2.05) is 24.3 Å². The first kappa shape index (κ1) is 15.7. The maximum Gasteiger partial charge on any atom is 0.307 e. The average Bonchev–Trinajstić information content (AvgIpc) is 2.37. The highest BCUT2D eigenvalue weighted by Crippen LogP contribution is 2.10. The van der Waals surface area contributed by atoms with E-state index in [2.05, 4.69) is 26.1 Å². The third kappa shape index (κ3) is 6.39. The maximum absolute atomic E-state index is 10.6. The SMILES string of the molecule is CCC(C)CC(C)NCc1ccc(CC(=O)O)cc1. The van der Waals surface area contributed by atoms with Crippen molar-refractivity contribution in [2.45, 2.75) is 52.6 Å². The number of nitrogens with one attached hydrogen (secondary N) is 1. The minimum Gasteiger partial charge on any atom is -0.481 e. The smallest absolute Gasteiger partial charge is 0.307 e. The van der Waals surface area contributed by atoms with E-state index in [0.717, 1.165) is 18.0 Å². The molecule has 2 N–H and O–H groups in total. The molecule has 0 saturated heterocycles. The van der Waals surface area contributed by atoms with E-state index in [-0.39, 0.29) is 6.42 Å². The van der Waals surface area contributed by atoms with Crippen molar-refractivity contribution in [1.82, 2.24) is 5.32 Å². The van der Waals surface area contributed by atoms with Gasteiger partial charge in [-0.1, -0.05) is 44.5 Å². The quantitative estimate of drug-likeness (QED) is 0.757. The predicted molar refractivity (Wildman–Crippen MR) is 78.2 cm³/mol. The molecule has 1 rings (SSSR count). The summed E-state index contributed by atoms with van der Waals surface area (Å²) in [5, 5.41) is 12.2. The molecule has 0 aromatic heterocycles. The Morgan fingerprint density at radius 2 is 1.79 bits per heavy atom. The van der Waals surface area contributed by atoms with E-state index in [1.54, 1.807) is 0 Å². The van der Waals surface area contributed by atoms with Crippen LogP contribution in [-0.4, -0.2) is 17.1 Å². The normalized spacial score (nSPS) is 14.1. The van der Waals surface area contributed by atoms with Crippen molar-refractivity contribution in [2.75, 3.05) is 0 Å². The fraction of sp³-hybridized carbons (Fsp3) is 0.562. The lowest BCUT2D eigenvalue weighted by Gasteiger charge is -2.17. The van der Waals surface area contributed by atoms with Gasteiger partial charge in [-0.25, -0.2) is 0 Å². The zero-order valence-electron chi connectivity index (χ0n) is 12.1. The summed E-state index contributed by atoms with van der Waals surface area (Å²) >= 11 is 0. The van der Waals surface area contributed by atoms with Crippen molar-refractivity contribution >= 4 is 5.97 Å². The van der Waals surface area contributed by atoms with Crippen molar-refractivity contribution in [3.63, 3.8) is 0 Å². The van der Waals surface area contributed by atoms with Gasteiger partial charge in [0.05, 0.1) is 6.42 Å². The fourth-order valence-electron chi connectivity index (χ4n) is 2.10. The number of benzene rings is 1. The Kier molecular flexibility index (Phi) is 6.57. The molecule has 2 atom stereocenters.